The first-order valence-electron chi connectivity index (χ1n) is 10.8. The predicted molar refractivity (Wildman–Crippen MR) is 112 cm³/mol. The van der Waals surface area contributed by atoms with E-state index in [2.05, 4.69) is 29.2 Å². The number of aliphatic hydroxyl groups is 1. The molecule has 5 aliphatic rings. The molecule has 0 saturated carbocycles. The van der Waals surface area contributed by atoms with Crippen LogP contribution in [0.1, 0.15) is 12.8 Å². The van der Waals surface area contributed by atoms with Crippen LogP contribution in [-0.4, -0.2) is 63.7 Å². The lowest BCUT2D eigenvalue weighted by molar-refractivity contribution is -0.0679. The van der Waals surface area contributed by atoms with Gasteiger partial charge >= 0.3 is 0 Å². The summed E-state index contributed by atoms with van der Waals surface area (Å²) in [5.41, 5.74) is 2.41. The molecule has 2 aliphatic heterocycles. The van der Waals surface area contributed by atoms with Gasteiger partial charge in [0.05, 0.1) is 34.5 Å². The first-order chi connectivity index (χ1) is 14.6. The minimum atomic E-state index is -0.369. The van der Waals surface area contributed by atoms with Crippen molar-refractivity contribution in [1.29, 1.82) is 0 Å². The van der Waals surface area contributed by atoms with Gasteiger partial charge in [0, 0.05) is 30.3 Å². The highest BCUT2D eigenvalue weighted by atomic mass is 16.5. The highest BCUT2D eigenvalue weighted by Gasteiger charge is 2.54. The molecular weight excluding hydrogens is 382 g/mol. The fraction of sp³-hybridized carbons (Fsp3) is 0.583. The average molecular weight is 414 g/mol. The van der Waals surface area contributed by atoms with Crippen molar-refractivity contribution >= 4 is 0 Å². The Balaban J connectivity index is 1.69. The number of aliphatic hydroxyl groups excluding tert-OH is 1. The van der Waals surface area contributed by atoms with E-state index in [1.165, 1.54) is 11.1 Å². The summed E-state index contributed by atoms with van der Waals surface area (Å²) in [7, 11) is 6.70. The number of allylic oxidation sites excluding steroid dienone is 6. The third kappa shape index (κ3) is 2.77. The molecule has 0 bridgehead atoms. The Morgan fingerprint density at radius 3 is 2.00 bits per heavy atom. The molecule has 162 valence electrons. The second kappa shape index (κ2) is 7.50. The molecule has 6 unspecified atom stereocenters. The second-order valence-corrected chi connectivity index (χ2v) is 8.79. The molecule has 2 saturated heterocycles. The van der Waals surface area contributed by atoms with Gasteiger partial charge in [-0.15, -0.1) is 0 Å². The lowest BCUT2D eigenvalue weighted by Gasteiger charge is -2.53. The average Bonchev–Trinajstić information content (AvgIpc) is 3.26. The third-order valence-corrected chi connectivity index (χ3v) is 7.67. The molecular formula is C24H31NO5. The van der Waals surface area contributed by atoms with Crippen molar-refractivity contribution < 1.29 is 24.1 Å². The quantitative estimate of drug-likeness (QED) is 0.765. The van der Waals surface area contributed by atoms with Crippen LogP contribution in [0.3, 0.4) is 0 Å². The molecule has 6 nitrogen and oxygen atoms in total. The van der Waals surface area contributed by atoms with Crippen molar-refractivity contribution in [2.24, 2.45) is 23.7 Å². The Kier molecular flexibility index (Phi) is 4.94. The Bertz CT molecular complexity index is 882. The number of fused-ring (bicyclic) bond motifs is 6. The molecule has 6 heteroatoms. The van der Waals surface area contributed by atoms with Gasteiger partial charge < -0.3 is 24.1 Å². The zero-order chi connectivity index (χ0) is 21.0. The van der Waals surface area contributed by atoms with E-state index in [0.29, 0.717) is 5.92 Å². The Hall–Kier alpha value is -2.18. The summed E-state index contributed by atoms with van der Waals surface area (Å²) in [6.07, 6.45) is 10.4. The van der Waals surface area contributed by atoms with Gasteiger partial charge in [0.2, 0.25) is 0 Å². The summed E-state index contributed by atoms with van der Waals surface area (Å²) in [6, 6.07) is 0.251. The van der Waals surface area contributed by atoms with Gasteiger partial charge in [-0.25, -0.2) is 0 Å². The van der Waals surface area contributed by atoms with E-state index in [1.807, 2.05) is 0 Å². The lowest BCUT2D eigenvalue weighted by Crippen LogP contribution is -2.59. The summed E-state index contributed by atoms with van der Waals surface area (Å²) in [5, 5.41) is 11.5. The van der Waals surface area contributed by atoms with Crippen LogP contribution in [0.4, 0.5) is 0 Å². The standard InChI is InChI=1S/C24H31NO5/c1-27-19-8-13-14-9-20(28-2)22(30-4)11-16(14)23-17(15(13)10-21(19)29-3)12-25-7-5-6-18(25)24(23)26/h8-11,15-18,23-24,26H,5-7,12H2,1-4H3. The molecule has 3 aliphatic carbocycles. The number of piperidine rings is 1. The van der Waals surface area contributed by atoms with Crippen molar-refractivity contribution in [2.75, 3.05) is 41.5 Å². The lowest BCUT2D eigenvalue weighted by atomic mass is 9.57. The maximum Gasteiger partial charge on any atom is 0.160 e. The zero-order valence-corrected chi connectivity index (χ0v) is 18.1. The van der Waals surface area contributed by atoms with Crippen LogP contribution in [0.25, 0.3) is 0 Å². The molecule has 0 aromatic heterocycles. The minimum absolute atomic E-state index is 0.0831. The fourth-order valence-electron chi connectivity index (χ4n) is 6.37. The number of nitrogens with zero attached hydrogens (tertiary/aromatic N) is 1. The molecule has 2 heterocycles. The van der Waals surface area contributed by atoms with E-state index in [4.69, 9.17) is 18.9 Å². The third-order valence-electron chi connectivity index (χ3n) is 7.67. The van der Waals surface area contributed by atoms with E-state index >= 15 is 0 Å². The van der Waals surface area contributed by atoms with Crippen LogP contribution in [0.5, 0.6) is 0 Å². The van der Waals surface area contributed by atoms with Crippen LogP contribution in [0.2, 0.25) is 0 Å². The fourth-order valence-corrected chi connectivity index (χ4v) is 6.37. The SMILES string of the molecule is COC1=CC2=C3C=C(OC)C(OC)=CC3C3C(O)C4CCCN4CC3C2C=C1OC. The first-order valence-corrected chi connectivity index (χ1v) is 10.8. The minimum Gasteiger partial charge on any atom is -0.493 e. The molecule has 2 fully saturated rings. The monoisotopic (exact) mass is 413 g/mol. The van der Waals surface area contributed by atoms with E-state index in [1.54, 1.807) is 28.4 Å². The van der Waals surface area contributed by atoms with E-state index in [-0.39, 0.29) is 29.9 Å². The summed E-state index contributed by atoms with van der Waals surface area (Å²) in [4.78, 5) is 2.49. The Morgan fingerprint density at radius 1 is 0.833 bits per heavy atom. The van der Waals surface area contributed by atoms with Crippen molar-refractivity contribution in [3.05, 3.63) is 58.5 Å². The Labute approximate surface area is 178 Å². The molecule has 0 amide bonds. The van der Waals surface area contributed by atoms with E-state index in [9.17, 15) is 5.11 Å². The van der Waals surface area contributed by atoms with Crippen LogP contribution < -0.4 is 0 Å². The molecule has 30 heavy (non-hydrogen) atoms. The van der Waals surface area contributed by atoms with Gasteiger partial charge in [-0.1, -0.05) is 0 Å². The molecule has 0 radical (unpaired) electrons. The first kappa shape index (κ1) is 19.8. The van der Waals surface area contributed by atoms with Crippen LogP contribution in [0.15, 0.2) is 58.5 Å². The molecule has 6 atom stereocenters. The number of methoxy groups -OCH3 is 4. The molecule has 0 aromatic carbocycles. The second-order valence-electron chi connectivity index (χ2n) is 8.79. The normalized spacial score (nSPS) is 37.5. The summed E-state index contributed by atoms with van der Waals surface area (Å²) in [5.74, 6) is 3.63. The van der Waals surface area contributed by atoms with Gasteiger partial charge in [0.25, 0.3) is 0 Å². The highest BCUT2D eigenvalue weighted by Crippen LogP contribution is 2.54. The number of ether oxygens (including phenoxy) is 4. The van der Waals surface area contributed by atoms with E-state index < -0.39 is 0 Å². The van der Waals surface area contributed by atoms with Gasteiger partial charge in [-0.2, -0.15) is 0 Å². The van der Waals surface area contributed by atoms with Crippen molar-refractivity contribution in [1.82, 2.24) is 4.90 Å². The van der Waals surface area contributed by atoms with Crippen LogP contribution in [0, 0.1) is 23.7 Å². The van der Waals surface area contributed by atoms with E-state index in [0.717, 1.165) is 49.0 Å². The highest BCUT2D eigenvalue weighted by molar-refractivity contribution is 5.54. The maximum atomic E-state index is 11.5. The summed E-state index contributed by atoms with van der Waals surface area (Å²) < 4.78 is 22.5. The summed E-state index contributed by atoms with van der Waals surface area (Å²) in [6.45, 7) is 2.06. The van der Waals surface area contributed by atoms with Crippen molar-refractivity contribution in [3.63, 3.8) is 0 Å². The van der Waals surface area contributed by atoms with Crippen LogP contribution in [-0.2, 0) is 18.9 Å². The van der Waals surface area contributed by atoms with Gasteiger partial charge in [-0.3, -0.25) is 4.90 Å². The Morgan fingerprint density at radius 2 is 1.40 bits per heavy atom. The summed E-state index contributed by atoms with van der Waals surface area (Å²) >= 11 is 0. The molecule has 1 N–H and O–H groups in total. The molecule has 5 rings (SSSR count). The van der Waals surface area contributed by atoms with Crippen molar-refractivity contribution in [2.45, 2.75) is 25.0 Å². The molecule has 0 aromatic rings. The largest absolute Gasteiger partial charge is 0.493 e. The topological polar surface area (TPSA) is 60.4 Å². The van der Waals surface area contributed by atoms with Crippen LogP contribution >= 0.6 is 0 Å². The molecule has 0 spiro atoms. The number of hydrogen-bond acceptors (Lipinski definition) is 6. The zero-order valence-electron chi connectivity index (χ0n) is 18.1. The predicted octanol–water partition coefficient (Wildman–Crippen LogP) is 2.75. The van der Waals surface area contributed by atoms with Gasteiger partial charge in [0.1, 0.15) is 0 Å². The maximum absolute atomic E-state index is 11.5. The number of hydrogen-bond donors (Lipinski definition) is 1. The van der Waals surface area contributed by atoms with Gasteiger partial charge in [-0.05, 0) is 60.8 Å². The smallest absolute Gasteiger partial charge is 0.160 e. The van der Waals surface area contributed by atoms with Gasteiger partial charge in [0.15, 0.2) is 23.0 Å². The number of rotatable bonds is 4. The van der Waals surface area contributed by atoms with Crippen molar-refractivity contribution in [3.8, 4) is 0 Å².